The van der Waals surface area contributed by atoms with Crippen LogP contribution in [0.3, 0.4) is 0 Å². The van der Waals surface area contributed by atoms with Crippen LogP contribution in [0.4, 0.5) is 0 Å². The van der Waals surface area contributed by atoms with Gasteiger partial charge in [0, 0.05) is 23.6 Å². The standard InChI is InChI=1S/C13H11BrN/c14-13(12-6-8-15-9-7-12)10-11-4-2-1-3-5-11/h1-10,13H. The molecule has 1 unspecified atom stereocenters. The van der Waals surface area contributed by atoms with E-state index in [2.05, 4.69) is 39.5 Å². The Kier molecular flexibility index (Phi) is 3.51. The lowest BCUT2D eigenvalue weighted by Gasteiger charge is -2.08. The fraction of sp³-hybridized carbons (Fsp3) is 0.0769. The summed E-state index contributed by atoms with van der Waals surface area (Å²) in [6.07, 6.45) is 5.79. The molecule has 1 nitrogen and oxygen atoms in total. The molecule has 1 aromatic carbocycles. The van der Waals surface area contributed by atoms with Crippen molar-refractivity contribution in [3.8, 4) is 0 Å². The van der Waals surface area contributed by atoms with Crippen LogP contribution in [0.15, 0.2) is 54.9 Å². The quantitative estimate of drug-likeness (QED) is 0.766. The Labute approximate surface area is 98.3 Å². The second-order valence-electron chi connectivity index (χ2n) is 3.26. The van der Waals surface area contributed by atoms with Crippen molar-refractivity contribution in [2.75, 3.05) is 0 Å². The fourth-order valence-corrected chi connectivity index (χ4v) is 1.99. The van der Waals surface area contributed by atoms with Crippen LogP contribution in [0.5, 0.6) is 0 Å². The topological polar surface area (TPSA) is 12.9 Å². The van der Waals surface area contributed by atoms with Gasteiger partial charge in [0.2, 0.25) is 0 Å². The Balaban J connectivity index is 2.08. The Morgan fingerprint density at radius 3 is 2.33 bits per heavy atom. The molecular formula is C13H11BrN. The van der Waals surface area contributed by atoms with Gasteiger partial charge in [-0.3, -0.25) is 4.98 Å². The van der Waals surface area contributed by atoms with Gasteiger partial charge < -0.3 is 0 Å². The molecule has 2 rings (SSSR count). The van der Waals surface area contributed by atoms with Crippen LogP contribution in [0, 0.1) is 6.42 Å². The van der Waals surface area contributed by atoms with Crippen LogP contribution in [0.1, 0.15) is 16.0 Å². The van der Waals surface area contributed by atoms with Crippen molar-refractivity contribution in [1.29, 1.82) is 0 Å². The highest BCUT2D eigenvalue weighted by atomic mass is 79.9. The molecule has 0 aliphatic carbocycles. The summed E-state index contributed by atoms with van der Waals surface area (Å²) in [5.74, 6) is 0. The van der Waals surface area contributed by atoms with Crippen LogP contribution in [-0.2, 0) is 0 Å². The molecule has 75 valence electrons. The van der Waals surface area contributed by atoms with E-state index in [9.17, 15) is 0 Å². The van der Waals surface area contributed by atoms with Gasteiger partial charge in [0.1, 0.15) is 0 Å². The summed E-state index contributed by atoms with van der Waals surface area (Å²) in [7, 11) is 0. The smallest absolute Gasteiger partial charge is 0.0471 e. The minimum atomic E-state index is 0.239. The predicted octanol–water partition coefficient (Wildman–Crippen LogP) is 3.77. The molecule has 0 aliphatic rings. The number of hydrogen-bond donors (Lipinski definition) is 0. The minimum absolute atomic E-state index is 0.239. The van der Waals surface area contributed by atoms with Crippen molar-refractivity contribution in [2.45, 2.75) is 4.83 Å². The Morgan fingerprint density at radius 2 is 1.67 bits per heavy atom. The molecule has 1 aromatic heterocycles. The molecule has 1 atom stereocenters. The first-order valence-electron chi connectivity index (χ1n) is 4.80. The highest BCUT2D eigenvalue weighted by Crippen LogP contribution is 2.27. The van der Waals surface area contributed by atoms with Gasteiger partial charge in [0.25, 0.3) is 0 Å². The normalized spacial score (nSPS) is 12.3. The van der Waals surface area contributed by atoms with Crippen LogP contribution >= 0.6 is 15.9 Å². The zero-order chi connectivity index (χ0) is 10.5. The van der Waals surface area contributed by atoms with Gasteiger partial charge in [0.05, 0.1) is 0 Å². The molecular weight excluding hydrogens is 250 g/mol. The molecule has 0 spiro atoms. The molecule has 15 heavy (non-hydrogen) atoms. The largest absolute Gasteiger partial charge is 0.265 e. The third-order valence-corrected chi connectivity index (χ3v) is 2.96. The van der Waals surface area contributed by atoms with Crippen LogP contribution < -0.4 is 0 Å². The number of alkyl halides is 1. The van der Waals surface area contributed by atoms with Crippen molar-refractivity contribution in [1.82, 2.24) is 4.98 Å². The summed E-state index contributed by atoms with van der Waals surface area (Å²) in [6, 6.07) is 14.3. The van der Waals surface area contributed by atoms with E-state index < -0.39 is 0 Å². The summed E-state index contributed by atoms with van der Waals surface area (Å²) in [6.45, 7) is 0. The van der Waals surface area contributed by atoms with E-state index >= 15 is 0 Å². The Hall–Kier alpha value is -1.15. The number of rotatable bonds is 3. The Bertz CT molecular complexity index is 399. The summed E-state index contributed by atoms with van der Waals surface area (Å²) < 4.78 is 0. The molecule has 0 saturated carbocycles. The van der Waals surface area contributed by atoms with Crippen molar-refractivity contribution in [3.05, 3.63) is 72.4 Å². The lowest BCUT2D eigenvalue weighted by Crippen LogP contribution is -1.92. The summed E-state index contributed by atoms with van der Waals surface area (Å²) in [5.41, 5.74) is 2.44. The second-order valence-corrected chi connectivity index (χ2v) is 4.25. The average Bonchev–Trinajstić information content (AvgIpc) is 2.31. The summed E-state index contributed by atoms with van der Waals surface area (Å²) in [5, 5.41) is 0. The highest BCUT2D eigenvalue weighted by Gasteiger charge is 2.07. The van der Waals surface area contributed by atoms with Crippen molar-refractivity contribution in [2.24, 2.45) is 0 Å². The fourth-order valence-electron chi connectivity index (χ4n) is 1.38. The SMILES string of the molecule is BrC([CH]c1ccccc1)c1ccncc1. The zero-order valence-electron chi connectivity index (χ0n) is 8.18. The van der Waals surface area contributed by atoms with E-state index in [-0.39, 0.29) is 4.83 Å². The average molecular weight is 261 g/mol. The molecule has 0 aliphatic heterocycles. The van der Waals surface area contributed by atoms with Gasteiger partial charge in [-0.2, -0.15) is 0 Å². The maximum atomic E-state index is 4.00. The van der Waals surface area contributed by atoms with E-state index in [1.807, 2.05) is 42.7 Å². The third kappa shape index (κ3) is 2.90. The molecule has 2 aromatic rings. The van der Waals surface area contributed by atoms with Crippen LogP contribution in [-0.4, -0.2) is 4.98 Å². The maximum absolute atomic E-state index is 4.00. The number of nitrogens with zero attached hydrogens (tertiary/aromatic N) is 1. The first-order chi connectivity index (χ1) is 7.36. The monoisotopic (exact) mass is 260 g/mol. The van der Waals surface area contributed by atoms with Crippen LogP contribution in [0.25, 0.3) is 0 Å². The highest BCUT2D eigenvalue weighted by molar-refractivity contribution is 9.09. The van der Waals surface area contributed by atoms with E-state index in [1.165, 1.54) is 11.1 Å². The predicted molar refractivity (Wildman–Crippen MR) is 65.7 cm³/mol. The third-order valence-electron chi connectivity index (χ3n) is 2.16. The number of hydrogen-bond acceptors (Lipinski definition) is 1. The molecule has 1 radical (unpaired) electrons. The first-order valence-corrected chi connectivity index (χ1v) is 5.72. The van der Waals surface area contributed by atoms with Gasteiger partial charge in [0.15, 0.2) is 0 Å². The van der Waals surface area contributed by atoms with Gasteiger partial charge in [-0.25, -0.2) is 0 Å². The number of benzene rings is 1. The maximum Gasteiger partial charge on any atom is 0.0471 e. The lowest BCUT2D eigenvalue weighted by molar-refractivity contribution is 1.13. The molecule has 2 heteroatoms. The van der Waals surface area contributed by atoms with Crippen LogP contribution in [0.2, 0.25) is 0 Å². The number of pyridine rings is 1. The molecule has 0 fully saturated rings. The lowest BCUT2D eigenvalue weighted by atomic mass is 10.1. The summed E-state index contributed by atoms with van der Waals surface area (Å²) in [4.78, 5) is 4.24. The first kappa shape index (κ1) is 10.4. The number of aromatic nitrogens is 1. The van der Waals surface area contributed by atoms with E-state index in [1.54, 1.807) is 0 Å². The molecule has 0 saturated heterocycles. The van der Waals surface area contributed by atoms with Gasteiger partial charge in [-0.1, -0.05) is 46.3 Å². The molecule has 0 bridgehead atoms. The van der Waals surface area contributed by atoms with Gasteiger partial charge in [-0.15, -0.1) is 0 Å². The Morgan fingerprint density at radius 1 is 1.00 bits per heavy atom. The molecule has 0 amide bonds. The number of halogens is 1. The van der Waals surface area contributed by atoms with Crippen molar-refractivity contribution < 1.29 is 0 Å². The van der Waals surface area contributed by atoms with E-state index in [0.29, 0.717) is 0 Å². The second kappa shape index (κ2) is 5.08. The minimum Gasteiger partial charge on any atom is -0.265 e. The van der Waals surface area contributed by atoms with Gasteiger partial charge in [-0.05, 0) is 23.3 Å². The molecule has 0 N–H and O–H groups in total. The molecule has 1 heterocycles. The zero-order valence-corrected chi connectivity index (χ0v) is 9.76. The summed E-state index contributed by atoms with van der Waals surface area (Å²) >= 11 is 3.64. The van der Waals surface area contributed by atoms with Crippen molar-refractivity contribution in [3.63, 3.8) is 0 Å². The van der Waals surface area contributed by atoms with Gasteiger partial charge >= 0.3 is 0 Å². The van der Waals surface area contributed by atoms with Crippen molar-refractivity contribution >= 4 is 15.9 Å². The van der Waals surface area contributed by atoms with E-state index in [0.717, 1.165) is 0 Å². The van der Waals surface area contributed by atoms with E-state index in [4.69, 9.17) is 0 Å².